The van der Waals surface area contributed by atoms with Crippen LogP contribution < -0.4 is 5.32 Å². The molecule has 0 saturated heterocycles. The van der Waals surface area contributed by atoms with Crippen LogP contribution in [0.15, 0.2) is 60.7 Å². The summed E-state index contributed by atoms with van der Waals surface area (Å²) >= 11 is 0. The number of carbonyl (C=O) groups is 1. The van der Waals surface area contributed by atoms with E-state index in [2.05, 4.69) is 41.5 Å². The van der Waals surface area contributed by atoms with Gasteiger partial charge in [-0.05, 0) is 31.0 Å². The van der Waals surface area contributed by atoms with Gasteiger partial charge in [-0.25, -0.2) is 0 Å². The molecule has 2 aromatic carbocycles. The predicted octanol–water partition coefficient (Wildman–Crippen LogP) is 4.55. The zero-order valence-electron chi connectivity index (χ0n) is 15.7. The first-order valence-electron chi connectivity index (χ1n) is 9.83. The Kier molecular flexibility index (Phi) is 6.84. The highest BCUT2D eigenvalue weighted by Crippen LogP contribution is 2.23. The van der Waals surface area contributed by atoms with E-state index in [9.17, 15) is 4.79 Å². The second kappa shape index (κ2) is 9.54. The van der Waals surface area contributed by atoms with Gasteiger partial charge in [0.25, 0.3) is 0 Å². The van der Waals surface area contributed by atoms with Crippen molar-refractivity contribution in [1.29, 1.82) is 0 Å². The first kappa shape index (κ1) is 18.7. The predicted molar refractivity (Wildman–Crippen MR) is 107 cm³/mol. The first-order valence-corrected chi connectivity index (χ1v) is 9.83. The molecule has 3 rings (SSSR count). The summed E-state index contributed by atoms with van der Waals surface area (Å²) in [4.78, 5) is 15.0. The molecule has 1 aliphatic carbocycles. The van der Waals surface area contributed by atoms with E-state index in [0.29, 0.717) is 12.6 Å². The fourth-order valence-corrected chi connectivity index (χ4v) is 3.91. The summed E-state index contributed by atoms with van der Waals surface area (Å²) in [6.07, 6.45) is 7.66. The maximum atomic E-state index is 12.8. The molecular formula is C23H30N2O. The Bertz CT molecular complexity index is 624. The molecule has 2 aromatic rings. The molecule has 0 aliphatic heterocycles. The highest BCUT2D eigenvalue weighted by Gasteiger charge is 2.21. The van der Waals surface area contributed by atoms with Gasteiger partial charge < -0.3 is 5.32 Å². The zero-order chi connectivity index (χ0) is 18.2. The van der Waals surface area contributed by atoms with Crippen LogP contribution >= 0.6 is 0 Å². The number of rotatable bonds is 6. The van der Waals surface area contributed by atoms with E-state index in [-0.39, 0.29) is 11.9 Å². The molecule has 0 atom stereocenters. The molecule has 1 aliphatic rings. The highest BCUT2D eigenvalue weighted by atomic mass is 16.2. The minimum atomic E-state index is -0.104. The number of hydrogen-bond acceptors (Lipinski definition) is 2. The van der Waals surface area contributed by atoms with Crippen LogP contribution in [0.5, 0.6) is 0 Å². The van der Waals surface area contributed by atoms with E-state index < -0.39 is 0 Å². The lowest BCUT2D eigenvalue weighted by Crippen LogP contribution is -2.41. The van der Waals surface area contributed by atoms with Crippen molar-refractivity contribution < 1.29 is 4.79 Å². The standard InChI is InChI=1S/C23H30N2O/c1-25(21-16-10-2-3-11-17-21)18-22(26)24-23(19-12-6-4-7-13-19)20-14-8-5-9-15-20/h4-9,12-15,21,23H,2-3,10-11,16-18H2,1H3,(H,24,26). The van der Waals surface area contributed by atoms with Gasteiger partial charge in [-0.15, -0.1) is 0 Å². The summed E-state index contributed by atoms with van der Waals surface area (Å²) in [6.45, 7) is 0.459. The van der Waals surface area contributed by atoms with Gasteiger partial charge in [-0.2, -0.15) is 0 Å². The van der Waals surface area contributed by atoms with Crippen molar-refractivity contribution in [1.82, 2.24) is 10.2 Å². The molecule has 0 radical (unpaired) electrons. The van der Waals surface area contributed by atoms with Crippen LogP contribution in [0.1, 0.15) is 55.7 Å². The lowest BCUT2D eigenvalue weighted by Gasteiger charge is -2.28. The molecule has 1 amide bonds. The summed E-state index contributed by atoms with van der Waals surface area (Å²) in [5.41, 5.74) is 2.23. The molecule has 0 heterocycles. The number of carbonyl (C=O) groups excluding carboxylic acids is 1. The number of benzene rings is 2. The Balaban J connectivity index is 1.67. The van der Waals surface area contributed by atoms with Gasteiger partial charge in [-0.3, -0.25) is 9.69 Å². The van der Waals surface area contributed by atoms with E-state index in [0.717, 1.165) is 11.1 Å². The van der Waals surface area contributed by atoms with E-state index in [1.54, 1.807) is 0 Å². The third-order valence-corrected chi connectivity index (χ3v) is 5.41. The fraction of sp³-hybridized carbons (Fsp3) is 0.435. The van der Waals surface area contributed by atoms with Crippen LogP contribution in [0.2, 0.25) is 0 Å². The van der Waals surface area contributed by atoms with Crippen LogP contribution in [0.25, 0.3) is 0 Å². The topological polar surface area (TPSA) is 32.3 Å². The molecule has 1 saturated carbocycles. The maximum Gasteiger partial charge on any atom is 0.234 e. The second-order valence-electron chi connectivity index (χ2n) is 7.38. The van der Waals surface area contributed by atoms with Gasteiger partial charge in [0.2, 0.25) is 5.91 Å². The molecule has 1 fully saturated rings. The van der Waals surface area contributed by atoms with E-state index in [4.69, 9.17) is 0 Å². The van der Waals surface area contributed by atoms with Crippen molar-refractivity contribution in [3.63, 3.8) is 0 Å². The van der Waals surface area contributed by atoms with E-state index >= 15 is 0 Å². The smallest absolute Gasteiger partial charge is 0.234 e. The van der Waals surface area contributed by atoms with Crippen LogP contribution in [0, 0.1) is 0 Å². The molecular weight excluding hydrogens is 320 g/mol. The van der Waals surface area contributed by atoms with Crippen molar-refractivity contribution >= 4 is 5.91 Å². The molecule has 3 nitrogen and oxygen atoms in total. The van der Waals surface area contributed by atoms with Crippen molar-refractivity contribution in [2.45, 2.75) is 50.6 Å². The van der Waals surface area contributed by atoms with Gasteiger partial charge >= 0.3 is 0 Å². The van der Waals surface area contributed by atoms with E-state index in [1.807, 2.05) is 36.4 Å². The molecule has 0 spiro atoms. The summed E-state index contributed by atoms with van der Waals surface area (Å²) in [5, 5.41) is 3.25. The molecule has 26 heavy (non-hydrogen) atoms. The molecule has 3 heteroatoms. The molecule has 138 valence electrons. The van der Waals surface area contributed by atoms with Gasteiger partial charge in [0, 0.05) is 6.04 Å². The Morgan fingerprint density at radius 3 is 1.92 bits per heavy atom. The average Bonchev–Trinajstić information content (AvgIpc) is 2.97. The summed E-state index contributed by atoms with van der Waals surface area (Å²) in [7, 11) is 2.09. The lowest BCUT2D eigenvalue weighted by atomic mass is 9.98. The van der Waals surface area contributed by atoms with Crippen LogP contribution in [-0.2, 0) is 4.79 Å². The summed E-state index contributed by atoms with van der Waals surface area (Å²) < 4.78 is 0. The number of nitrogens with one attached hydrogen (secondary N) is 1. The van der Waals surface area contributed by atoms with Gasteiger partial charge in [0.1, 0.15) is 0 Å². The monoisotopic (exact) mass is 350 g/mol. The Morgan fingerprint density at radius 2 is 1.42 bits per heavy atom. The van der Waals surface area contributed by atoms with Gasteiger partial charge in [0.05, 0.1) is 12.6 Å². The molecule has 0 aromatic heterocycles. The van der Waals surface area contributed by atoms with Crippen molar-refractivity contribution in [3.8, 4) is 0 Å². The van der Waals surface area contributed by atoms with Crippen LogP contribution in [0.4, 0.5) is 0 Å². The number of likely N-dealkylation sites (N-methyl/N-ethyl adjacent to an activating group) is 1. The normalized spacial score (nSPS) is 15.8. The number of hydrogen-bond donors (Lipinski definition) is 1. The highest BCUT2D eigenvalue weighted by molar-refractivity contribution is 5.79. The third-order valence-electron chi connectivity index (χ3n) is 5.41. The van der Waals surface area contributed by atoms with Crippen LogP contribution in [-0.4, -0.2) is 30.4 Å². The third kappa shape index (κ3) is 5.18. The van der Waals surface area contributed by atoms with Crippen LogP contribution in [0.3, 0.4) is 0 Å². The Labute approximate surface area is 157 Å². The lowest BCUT2D eigenvalue weighted by molar-refractivity contribution is -0.123. The molecule has 0 unspecified atom stereocenters. The second-order valence-corrected chi connectivity index (χ2v) is 7.38. The Morgan fingerprint density at radius 1 is 0.923 bits per heavy atom. The summed E-state index contributed by atoms with van der Waals surface area (Å²) in [5.74, 6) is 0.0921. The summed E-state index contributed by atoms with van der Waals surface area (Å²) in [6, 6.07) is 20.8. The van der Waals surface area contributed by atoms with Crippen molar-refractivity contribution in [3.05, 3.63) is 71.8 Å². The molecule has 0 bridgehead atoms. The first-order chi connectivity index (χ1) is 12.7. The number of nitrogens with zero attached hydrogens (tertiary/aromatic N) is 1. The van der Waals surface area contributed by atoms with Crippen molar-refractivity contribution in [2.75, 3.05) is 13.6 Å². The van der Waals surface area contributed by atoms with Gasteiger partial charge in [-0.1, -0.05) is 86.3 Å². The molecule has 1 N–H and O–H groups in total. The minimum absolute atomic E-state index is 0.0921. The SMILES string of the molecule is CN(CC(=O)NC(c1ccccc1)c1ccccc1)C1CCCCCC1. The zero-order valence-corrected chi connectivity index (χ0v) is 15.7. The average molecular weight is 351 g/mol. The fourth-order valence-electron chi connectivity index (χ4n) is 3.91. The quantitative estimate of drug-likeness (QED) is 0.775. The maximum absolute atomic E-state index is 12.8. The Hall–Kier alpha value is -2.13. The minimum Gasteiger partial charge on any atom is -0.344 e. The number of amides is 1. The van der Waals surface area contributed by atoms with Gasteiger partial charge in [0.15, 0.2) is 0 Å². The largest absolute Gasteiger partial charge is 0.344 e. The van der Waals surface area contributed by atoms with E-state index in [1.165, 1.54) is 38.5 Å². The van der Waals surface area contributed by atoms with Crippen molar-refractivity contribution in [2.24, 2.45) is 0 Å².